The zero-order chi connectivity index (χ0) is 13.4. The van der Waals surface area contributed by atoms with Crippen LogP contribution in [0.2, 0.25) is 5.02 Å². The first-order valence-electron chi connectivity index (χ1n) is 5.59. The topological polar surface area (TPSA) is 61.8 Å². The molecule has 2 N–H and O–H groups in total. The molecule has 0 bridgehead atoms. The van der Waals surface area contributed by atoms with Crippen molar-refractivity contribution in [1.82, 2.24) is 4.90 Å². The average Bonchev–Trinajstić information content (AvgIpc) is 2.37. The molecule has 0 heterocycles. The standard InChI is InChI=1S/C12H17ClN2O3/c1-18-9-7-15(6-8-16)12(17)14-11-5-3-2-4-10(11)13/h2-5,16H,6-9H2,1H3,(H,14,17). The molecule has 0 aromatic heterocycles. The highest BCUT2D eigenvalue weighted by molar-refractivity contribution is 6.33. The summed E-state index contributed by atoms with van der Waals surface area (Å²) in [5.41, 5.74) is 0.546. The molecule has 0 saturated heterocycles. The van der Waals surface area contributed by atoms with Crippen LogP contribution in [0.25, 0.3) is 0 Å². The molecule has 0 aliphatic rings. The quantitative estimate of drug-likeness (QED) is 0.830. The molecule has 0 aliphatic carbocycles. The normalized spacial score (nSPS) is 10.2. The van der Waals surface area contributed by atoms with Crippen LogP contribution in [0.1, 0.15) is 0 Å². The second-order valence-corrected chi connectivity index (χ2v) is 4.02. The number of anilines is 1. The highest BCUT2D eigenvalue weighted by Gasteiger charge is 2.13. The highest BCUT2D eigenvalue weighted by Crippen LogP contribution is 2.20. The Hall–Kier alpha value is -1.30. The second kappa shape index (κ2) is 7.92. The Balaban J connectivity index is 2.63. The fourth-order valence-electron chi connectivity index (χ4n) is 1.39. The van der Waals surface area contributed by atoms with Gasteiger partial charge in [-0.15, -0.1) is 0 Å². The number of benzene rings is 1. The van der Waals surface area contributed by atoms with Gasteiger partial charge in [-0.25, -0.2) is 4.79 Å². The lowest BCUT2D eigenvalue weighted by Gasteiger charge is -2.22. The van der Waals surface area contributed by atoms with E-state index in [1.165, 1.54) is 4.90 Å². The number of urea groups is 1. The van der Waals surface area contributed by atoms with Crippen LogP contribution in [0.15, 0.2) is 24.3 Å². The van der Waals surface area contributed by atoms with Gasteiger partial charge in [0, 0.05) is 20.2 Å². The van der Waals surface area contributed by atoms with E-state index in [4.69, 9.17) is 21.4 Å². The Bertz CT molecular complexity index is 387. The first-order valence-corrected chi connectivity index (χ1v) is 5.97. The summed E-state index contributed by atoms with van der Waals surface area (Å²) in [4.78, 5) is 13.4. The molecule has 1 aromatic carbocycles. The number of carbonyl (C=O) groups excluding carboxylic acids is 1. The Labute approximate surface area is 111 Å². The molecule has 2 amide bonds. The minimum absolute atomic E-state index is 0.0976. The number of aliphatic hydroxyl groups is 1. The van der Waals surface area contributed by atoms with E-state index in [2.05, 4.69) is 5.32 Å². The van der Waals surface area contributed by atoms with Crippen molar-refractivity contribution in [3.63, 3.8) is 0 Å². The Kier molecular flexibility index (Phi) is 6.49. The van der Waals surface area contributed by atoms with Crippen LogP contribution in [0.3, 0.4) is 0 Å². The van der Waals surface area contributed by atoms with Crippen LogP contribution >= 0.6 is 11.6 Å². The largest absolute Gasteiger partial charge is 0.395 e. The molecule has 5 nitrogen and oxygen atoms in total. The third kappa shape index (κ3) is 4.52. The zero-order valence-electron chi connectivity index (χ0n) is 10.2. The van der Waals surface area contributed by atoms with Gasteiger partial charge < -0.3 is 20.1 Å². The van der Waals surface area contributed by atoms with Crippen LogP contribution in [-0.2, 0) is 4.74 Å². The van der Waals surface area contributed by atoms with Gasteiger partial charge in [0.15, 0.2) is 0 Å². The molecule has 1 rings (SSSR count). The van der Waals surface area contributed by atoms with Crippen molar-refractivity contribution in [3.05, 3.63) is 29.3 Å². The predicted molar refractivity (Wildman–Crippen MR) is 71.0 cm³/mol. The van der Waals surface area contributed by atoms with E-state index in [-0.39, 0.29) is 19.2 Å². The summed E-state index contributed by atoms with van der Waals surface area (Å²) in [7, 11) is 1.56. The number of ether oxygens (including phenoxy) is 1. The van der Waals surface area contributed by atoms with Crippen LogP contribution in [0, 0.1) is 0 Å². The number of carbonyl (C=O) groups is 1. The number of halogens is 1. The number of para-hydroxylation sites is 1. The van der Waals surface area contributed by atoms with E-state index in [0.717, 1.165) is 0 Å². The van der Waals surface area contributed by atoms with Gasteiger partial charge in [0.25, 0.3) is 0 Å². The molecule has 0 unspecified atom stereocenters. The van der Waals surface area contributed by atoms with Crippen molar-refractivity contribution in [3.8, 4) is 0 Å². The zero-order valence-corrected chi connectivity index (χ0v) is 11.0. The number of nitrogens with zero attached hydrogens (tertiary/aromatic N) is 1. The molecule has 0 saturated carbocycles. The van der Waals surface area contributed by atoms with Crippen molar-refractivity contribution in [2.24, 2.45) is 0 Å². The molecule has 100 valence electrons. The minimum Gasteiger partial charge on any atom is -0.395 e. The average molecular weight is 273 g/mol. The van der Waals surface area contributed by atoms with E-state index in [9.17, 15) is 4.79 Å². The lowest BCUT2D eigenvalue weighted by Crippen LogP contribution is -2.39. The van der Waals surface area contributed by atoms with Gasteiger partial charge in [0.1, 0.15) is 0 Å². The number of hydrogen-bond donors (Lipinski definition) is 2. The number of nitrogens with one attached hydrogen (secondary N) is 1. The Morgan fingerprint density at radius 1 is 1.44 bits per heavy atom. The summed E-state index contributed by atoms with van der Waals surface area (Å²) in [5, 5.41) is 12.1. The summed E-state index contributed by atoms with van der Waals surface area (Å²) in [6, 6.07) is 6.67. The summed E-state index contributed by atoms with van der Waals surface area (Å²) in [6.07, 6.45) is 0. The van der Waals surface area contributed by atoms with Gasteiger partial charge in [-0.3, -0.25) is 0 Å². The van der Waals surface area contributed by atoms with Gasteiger partial charge in [0.2, 0.25) is 0 Å². The van der Waals surface area contributed by atoms with Crippen molar-refractivity contribution in [1.29, 1.82) is 0 Å². The van der Waals surface area contributed by atoms with E-state index < -0.39 is 0 Å². The molecule has 6 heteroatoms. The third-order valence-electron chi connectivity index (χ3n) is 2.34. The summed E-state index contributed by atoms with van der Waals surface area (Å²) in [5.74, 6) is 0. The monoisotopic (exact) mass is 272 g/mol. The molecular weight excluding hydrogens is 256 g/mol. The van der Waals surface area contributed by atoms with Crippen LogP contribution in [0.5, 0.6) is 0 Å². The number of hydrogen-bond acceptors (Lipinski definition) is 3. The van der Waals surface area contributed by atoms with Gasteiger partial charge in [-0.05, 0) is 12.1 Å². The molecule has 0 aliphatic heterocycles. The van der Waals surface area contributed by atoms with Gasteiger partial charge in [-0.2, -0.15) is 0 Å². The van der Waals surface area contributed by atoms with Crippen molar-refractivity contribution in [2.75, 3.05) is 38.7 Å². The summed E-state index contributed by atoms with van der Waals surface area (Å²) >= 11 is 5.95. The van der Waals surface area contributed by atoms with E-state index in [0.29, 0.717) is 23.9 Å². The predicted octanol–water partition coefficient (Wildman–Crippen LogP) is 1.81. The maximum Gasteiger partial charge on any atom is 0.322 e. The molecule has 0 fully saturated rings. The van der Waals surface area contributed by atoms with E-state index >= 15 is 0 Å². The first-order chi connectivity index (χ1) is 8.69. The molecule has 1 aromatic rings. The summed E-state index contributed by atoms with van der Waals surface area (Å²) in [6.45, 7) is 0.975. The van der Waals surface area contributed by atoms with E-state index in [1.54, 1.807) is 31.4 Å². The molecule has 0 radical (unpaired) electrons. The lowest BCUT2D eigenvalue weighted by molar-refractivity contribution is 0.142. The van der Waals surface area contributed by atoms with Gasteiger partial charge >= 0.3 is 6.03 Å². The number of rotatable bonds is 6. The van der Waals surface area contributed by atoms with Crippen molar-refractivity contribution in [2.45, 2.75) is 0 Å². The Morgan fingerprint density at radius 2 is 2.17 bits per heavy atom. The van der Waals surface area contributed by atoms with E-state index in [1.807, 2.05) is 0 Å². The number of methoxy groups -OCH3 is 1. The third-order valence-corrected chi connectivity index (χ3v) is 2.67. The van der Waals surface area contributed by atoms with Crippen LogP contribution in [-0.4, -0.2) is 49.5 Å². The fourth-order valence-corrected chi connectivity index (χ4v) is 1.58. The van der Waals surface area contributed by atoms with Gasteiger partial charge in [0.05, 0.1) is 23.9 Å². The minimum atomic E-state index is -0.311. The molecule has 0 spiro atoms. The van der Waals surface area contributed by atoms with Crippen molar-refractivity contribution < 1.29 is 14.6 Å². The maximum absolute atomic E-state index is 12.0. The lowest BCUT2D eigenvalue weighted by atomic mass is 10.3. The highest BCUT2D eigenvalue weighted by atomic mass is 35.5. The second-order valence-electron chi connectivity index (χ2n) is 3.61. The van der Waals surface area contributed by atoms with Crippen molar-refractivity contribution >= 4 is 23.3 Å². The SMILES string of the molecule is COCCN(CCO)C(=O)Nc1ccccc1Cl. The number of aliphatic hydroxyl groups excluding tert-OH is 1. The van der Waals surface area contributed by atoms with Crippen LogP contribution in [0.4, 0.5) is 10.5 Å². The van der Waals surface area contributed by atoms with Gasteiger partial charge in [-0.1, -0.05) is 23.7 Å². The summed E-state index contributed by atoms with van der Waals surface area (Å²) < 4.78 is 4.91. The molecule has 18 heavy (non-hydrogen) atoms. The molecule has 0 atom stereocenters. The molecular formula is C12H17ClN2O3. The fraction of sp³-hybridized carbons (Fsp3) is 0.417. The Morgan fingerprint density at radius 3 is 2.78 bits per heavy atom. The van der Waals surface area contributed by atoms with Crippen LogP contribution < -0.4 is 5.32 Å². The first kappa shape index (κ1) is 14.8. The maximum atomic E-state index is 12.0. The smallest absolute Gasteiger partial charge is 0.322 e. The number of amides is 2.